The SMILES string of the molecule is N=C(c1cccc2c1ccn2CCCBr)N(C1CC1)C1CCc2[nH]ncc2C1. The van der Waals surface area contributed by atoms with E-state index in [1.165, 1.54) is 35.0 Å². The maximum absolute atomic E-state index is 9.16. The number of halogens is 1. The van der Waals surface area contributed by atoms with E-state index in [0.29, 0.717) is 17.9 Å². The number of alkyl halides is 1. The van der Waals surface area contributed by atoms with Gasteiger partial charge in [0.1, 0.15) is 5.84 Å². The molecule has 0 radical (unpaired) electrons. The van der Waals surface area contributed by atoms with Crippen LogP contribution in [0.2, 0.25) is 0 Å². The van der Waals surface area contributed by atoms with Crippen molar-refractivity contribution in [1.29, 1.82) is 5.41 Å². The van der Waals surface area contributed by atoms with Crippen LogP contribution >= 0.6 is 15.9 Å². The zero-order valence-electron chi connectivity index (χ0n) is 16.0. The summed E-state index contributed by atoms with van der Waals surface area (Å²) in [4.78, 5) is 2.42. The number of rotatable bonds is 6. The molecule has 0 bridgehead atoms. The van der Waals surface area contributed by atoms with Crippen LogP contribution in [0.1, 0.15) is 42.5 Å². The molecule has 2 N–H and O–H groups in total. The first-order chi connectivity index (χ1) is 13.8. The Morgan fingerprint density at radius 2 is 2.14 bits per heavy atom. The van der Waals surface area contributed by atoms with Gasteiger partial charge >= 0.3 is 0 Å². The van der Waals surface area contributed by atoms with Crippen molar-refractivity contribution in [3.8, 4) is 0 Å². The number of H-pyrrole nitrogens is 1. The highest BCUT2D eigenvalue weighted by molar-refractivity contribution is 9.09. The molecule has 2 heterocycles. The predicted molar refractivity (Wildman–Crippen MR) is 116 cm³/mol. The van der Waals surface area contributed by atoms with Crippen molar-refractivity contribution in [3.63, 3.8) is 0 Å². The number of aromatic amines is 1. The molecule has 1 saturated carbocycles. The molecule has 2 aliphatic rings. The molecule has 1 aromatic carbocycles. The number of benzene rings is 1. The molecule has 2 aliphatic carbocycles. The molecule has 0 spiro atoms. The molecule has 0 saturated heterocycles. The number of hydrogen-bond donors (Lipinski definition) is 2. The van der Waals surface area contributed by atoms with Crippen LogP contribution in [0, 0.1) is 5.41 Å². The van der Waals surface area contributed by atoms with Gasteiger partial charge in [0.2, 0.25) is 0 Å². The third-order valence-electron chi connectivity index (χ3n) is 6.18. The Hall–Kier alpha value is -2.08. The molecule has 28 heavy (non-hydrogen) atoms. The summed E-state index contributed by atoms with van der Waals surface area (Å²) >= 11 is 3.53. The second-order valence-electron chi connectivity index (χ2n) is 8.05. The summed E-state index contributed by atoms with van der Waals surface area (Å²) in [5.41, 5.74) is 4.91. The lowest BCUT2D eigenvalue weighted by Crippen LogP contribution is -2.44. The Balaban J connectivity index is 1.46. The van der Waals surface area contributed by atoms with Gasteiger partial charge < -0.3 is 9.47 Å². The van der Waals surface area contributed by atoms with Crippen LogP contribution in [0.25, 0.3) is 10.9 Å². The number of fused-ring (bicyclic) bond motifs is 2. The van der Waals surface area contributed by atoms with E-state index in [9.17, 15) is 0 Å². The van der Waals surface area contributed by atoms with Gasteiger partial charge in [-0.05, 0) is 56.2 Å². The molecule has 146 valence electrons. The average molecular weight is 440 g/mol. The standard InChI is InChI=1S/C22H26BrN5/c23-10-2-11-27-12-9-18-19(3-1-4-21(18)27)22(24)28(16-5-6-16)17-7-8-20-15(13-17)14-25-26-20/h1,3-4,9,12,14,16-17,24H,2,5-8,10-11,13H2,(H,25,26). The van der Waals surface area contributed by atoms with Crippen molar-refractivity contribution in [3.05, 3.63) is 53.5 Å². The molecule has 1 fully saturated rings. The lowest BCUT2D eigenvalue weighted by atomic mass is 9.91. The van der Waals surface area contributed by atoms with E-state index in [1.807, 2.05) is 6.20 Å². The molecule has 2 aromatic heterocycles. The van der Waals surface area contributed by atoms with Crippen LogP contribution in [0.5, 0.6) is 0 Å². The van der Waals surface area contributed by atoms with E-state index < -0.39 is 0 Å². The summed E-state index contributed by atoms with van der Waals surface area (Å²) in [6.07, 6.45) is 10.8. The summed E-state index contributed by atoms with van der Waals surface area (Å²) in [5, 5.41) is 18.7. The maximum Gasteiger partial charge on any atom is 0.129 e. The van der Waals surface area contributed by atoms with Gasteiger partial charge in [0.25, 0.3) is 0 Å². The summed E-state index contributed by atoms with van der Waals surface area (Å²) in [5.74, 6) is 0.697. The second kappa shape index (κ2) is 7.39. The predicted octanol–water partition coefficient (Wildman–Crippen LogP) is 4.50. The van der Waals surface area contributed by atoms with E-state index in [0.717, 1.165) is 43.1 Å². The Bertz CT molecular complexity index is 999. The fourth-order valence-electron chi connectivity index (χ4n) is 4.64. The Labute approximate surface area is 173 Å². The molecule has 5 nitrogen and oxygen atoms in total. The smallest absolute Gasteiger partial charge is 0.129 e. The highest BCUT2D eigenvalue weighted by atomic mass is 79.9. The van der Waals surface area contributed by atoms with E-state index in [-0.39, 0.29) is 0 Å². The van der Waals surface area contributed by atoms with Crippen molar-refractivity contribution in [1.82, 2.24) is 19.7 Å². The first-order valence-electron chi connectivity index (χ1n) is 10.3. The molecule has 5 rings (SSSR count). The third kappa shape index (κ3) is 3.17. The molecule has 6 heteroatoms. The highest BCUT2D eigenvalue weighted by Gasteiger charge is 2.38. The summed E-state index contributed by atoms with van der Waals surface area (Å²) in [6, 6.07) is 9.53. The van der Waals surface area contributed by atoms with Crippen molar-refractivity contribution in [2.75, 3.05) is 5.33 Å². The second-order valence-corrected chi connectivity index (χ2v) is 8.84. The van der Waals surface area contributed by atoms with Crippen LogP contribution in [0.4, 0.5) is 0 Å². The normalized spacial score (nSPS) is 19.0. The van der Waals surface area contributed by atoms with Gasteiger partial charge in [0, 0.05) is 52.3 Å². The van der Waals surface area contributed by atoms with Crippen LogP contribution in [0.15, 0.2) is 36.7 Å². The topological polar surface area (TPSA) is 60.7 Å². The summed E-state index contributed by atoms with van der Waals surface area (Å²) in [6.45, 7) is 1.00. The molecule has 1 unspecified atom stereocenters. The quantitative estimate of drug-likeness (QED) is 0.337. The fraction of sp³-hybridized carbons (Fsp3) is 0.455. The van der Waals surface area contributed by atoms with E-state index in [2.05, 4.69) is 66.1 Å². The lowest BCUT2D eigenvalue weighted by Gasteiger charge is -2.36. The van der Waals surface area contributed by atoms with Crippen LogP contribution in [-0.4, -0.2) is 42.9 Å². The Morgan fingerprint density at radius 3 is 2.96 bits per heavy atom. The maximum atomic E-state index is 9.16. The number of aromatic nitrogens is 3. The first-order valence-corrected chi connectivity index (χ1v) is 11.4. The zero-order valence-corrected chi connectivity index (χ0v) is 17.6. The molecule has 3 aromatic rings. The monoisotopic (exact) mass is 439 g/mol. The summed E-state index contributed by atoms with van der Waals surface area (Å²) in [7, 11) is 0. The lowest BCUT2D eigenvalue weighted by molar-refractivity contribution is 0.274. The molecule has 0 aliphatic heterocycles. The van der Waals surface area contributed by atoms with Crippen molar-refractivity contribution < 1.29 is 0 Å². The van der Waals surface area contributed by atoms with Gasteiger partial charge in [-0.2, -0.15) is 5.10 Å². The number of amidine groups is 1. The average Bonchev–Trinajstić information content (AvgIpc) is 3.28. The fourth-order valence-corrected chi connectivity index (χ4v) is 4.90. The van der Waals surface area contributed by atoms with Crippen molar-refractivity contribution >= 4 is 32.7 Å². The highest BCUT2D eigenvalue weighted by Crippen LogP contribution is 2.35. The van der Waals surface area contributed by atoms with Gasteiger partial charge in [0.05, 0.1) is 6.20 Å². The zero-order chi connectivity index (χ0) is 19.1. The van der Waals surface area contributed by atoms with E-state index in [1.54, 1.807) is 0 Å². The third-order valence-corrected chi connectivity index (χ3v) is 6.74. The van der Waals surface area contributed by atoms with Crippen molar-refractivity contribution in [2.45, 2.75) is 57.2 Å². The first kappa shape index (κ1) is 18.0. The Kier molecular flexibility index (Phi) is 4.75. The number of hydrogen-bond acceptors (Lipinski definition) is 2. The van der Waals surface area contributed by atoms with Gasteiger partial charge in [-0.3, -0.25) is 10.5 Å². The largest absolute Gasteiger partial charge is 0.350 e. The number of nitrogens with one attached hydrogen (secondary N) is 2. The van der Waals surface area contributed by atoms with Gasteiger partial charge in [-0.25, -0.2) is 0 Å². The van der Waals surface area contributed by atoms with Crippen LogP contribution < -0.4 is 0 Å². The van der Waals surface area contributed by atoms with E-state index >= 15 is 0 Å². The minimum Gasteiger partial charge on any atom is -0.350 e. The number of aryl methyl sites for hydroxylation is 2. The molecular weight excluding hydrogens is 414 g/mol. The van der Waals surface area contributed by atoms with Crippen molar-refractivity contribution in [2.24, 2.45) is 0 Å². The summed E-state index contributed by atoms with van der Waals surface area (Å²) < 4.78 is 2.31. The van der Waals surface area contributed by atoms with Gasteiger partial charge in [-0.15, -0.1) is 0 Å². The van der Waals surface area contributed by atoms with Crippen LogP contribution in [0.3, 0.4) is 0 Å². The minimum absolute atomic E-state index is 0.399. The molecule has 1 atom stereocenters. The molecular formula is C22H26BrN5. The Morgan fingerprint density at radius 1 is 1.25 bits per heavy atom. The van der Waals surface area contributed by atoms with Crippen LogP contribution in [-0.2, 0) is 19.4 Å². The van der Waals surface area contributed by atoms with Gasteiger partial charge in [0.15, 0.2) is 0 Å². The number of nitrogens with zero attached hydrogens (tertiary/aromatic N) is 3. The minimum atomic E-state index is 0.399. The molecule has 0 amide bonds. The van der Waals surface area contributed by atoms with Gasteiger partial charge in [-0.1, -0.05) is 28.1 Å². The van der Waals surface area contributed by atoms with E-state index in [4.69, 9.17) is 5.41 Å².